The van der Waals surface area contributed by atoms with Gasteiger partial charge in [-0.15, -0.1) is 0 Å². The summed E-state index contributed by atoms with van der Waals surface area (Å²) in [4.78, 5) is 0. The molecule has 2 aromatic rings. The molecular formula is C14H15Cl2NO. The molecule has 1 aromatic heterocycles. The van der Waals surface area contributed by atoms with Gasteiger partial charge in [-0.1, -0.05) is 23.2 Å². The summed E-state index contributed by atoms with van der Waals surface area (Å²) in [5.41, 5.74) is 0.985. The van der Waals surface area contributed by atoms with E-state index in [1.807, 2.05) is 31.2 Å². The second-order valence-corrected chi connectivity index (χ2v) is 5.13. The van der Waals surface area contributed by atoms with Crippen LogP contribution in [0.3, 0.4) is 0 Å². The van der Waals surface area contributed by atoms with Gasteiger partial charge in [0.1, 0.15) is 11.5 Å². The van der Waals surface area contributed by atoms with Crippen molar-refractivity contribution in [3.05, 3.63) is 57.5 Å². The zero-order valence-electron chi connectivity index (χ0n) is 10.3. The Balaban J connectivity index is 2.01. The summed E-state index contributed by atoms with van der Waals surface area (Å²) >= 11 is 12.1. The molecule has 2 nitrogen and oxygen atoms in total. The van der Waals surface area contributed by atoms with Crippen LogP contribution in [0.25, 0.3) is 0 Å². The smallest absolute Gasteiger partial charge is 0.120 e. The van der Waals surface area contributed by atoms with Gasteiger partial charge in [0.05, 0.1) is 6.04 Å². The highest BCUT2D eigenvalue weighted by Crippen LogP contribution is 2.22. The molecule has 18 heavy (non-hydrogen) atoms. The van der Waals surface area contributed by atoms with E-state index in [0.29, 0.717) is 11.6 Å². The van der Waals surface area contributed by atoms with E-state index in [1.54, 1.807) is 6.07 Å². The molecule has 0 saturated carbocycles. The van der Waals surface area contributed by atoms with E-state index in [2.05, 4.69) is 12.2 Å². The zero-order valence-corrected chi connectivity index (χ0v) is 11.8. The van der Waals surface area contributed by atoms with Crippen LogP contribution < -0.4 is 5.32 Å². The van der Waals surface area contributed by atoms with E-state index in [9.17, 15) is 0 Å². The highest BCUT2D eigenvalue weighted by molar-refractivity contribution is 6.33. The van der Waals surface area contributed by atoms with E-state index in [4.69, 9.17) is 27.6 Å². The van der Waals surface area contributed by atoms with Crippen LogP contribution in [0, 0.1) is 6.92 Å². The SMILES string of the molecule is Cc1ccc(C(C)NCc2cc(Cl)ccc2Cl)o1. The summed E-state index contributed by atoms with van der Waals surface area (Å²) < 4.78 is 5.57. The third-order valence-corrected chi connectivity index (χ3v) is 3.40. The average Bonchev–Trinajstić information content (AvgIpc) is 2.77. The normalized spacial score (nSPS) is 12.7. The van der Waals surface area contributed by atoms with Crippen LogP contribution in [0.1, 0.15) is 30.0 Å². The average molecular weight is 284 g/mol. The molecule has 0 aliphatic carbocycles. The van der Waals surface area contributed by atoms with Gasteiger partial charge in [-0.05, 0) is 49.7 Å². The quantitative estimate of drug-likeness (QED) is 0.876. The first-order valence-electron chi connectivity index (χ1n) is 5.80. The maximum Gasteiger partial charge on any atom is 0.120 e. The zero-order chi connectivity index (χ0) is 13.1. The molecule has 1 atom stereocenters. The van der Waals surface area contributed by atoms with Crippen molar-refractivity contribution < 1.29 is 4.42 Å². The van der Waals surface area contributed by atoms with Crippen LogP contribution in [0.4, 0.5) is 0 Å². The van der Waals surface area contributed by atoms with Gasteiger partial charge in [0.25, 0.3) is 0 Å². The van der Waals surface area contributed by atoms with Crippen molar-refractivity contribution in [1.29, 1.82) is 0 Å². The molecule has 4 heteroatoms. The minimum absolute atomic E-state index is 0.133. The predicted octanol–water partition coefficient (Wildman–Crippen LogP) is 4.75. The molecule has 0 saturated heterocycles. The van der Waals surface area contributed by atoms with Gasteiger partial charge in [0.2, 0.25) is 0 Å². The van der Waals surface area contributed by atoms with E-state index < -0.39 is 0 Å². The van der Waals surface area contributed by atoms with Crippen LogP contribution in [0.2, 0.25) is 10.0 Å². The molecule has 0 fully saturated rings. The lowest BCUT2D eigenvalue weighted by atomic mass is 10.2. The number of benzene rings is 1. The lowest BCUT2D eigenvalue weighted by Crippen LogP contribution is -2.17. The summed E-state index contributed by atoms with van der Waals surface area (Å²) in [5.74, 6) is 1.84. The summed E-state index contributed by atoms with van der Waals surface area (Å²) in [5, 5.41) is 4.77. The van der Waals surface area contributed by atoms with Crippen molar-refractivity contribution in [2.24, 2.45) is 0 Å². The van der Waals surface area contributed by atoms with Crippen LogP contribution >= 0.6 is 23.2 Å². The Hall–Kier alpha value is -0.960. The molecule has 1 unspecified atom stereocenters. The van der Waals surface area contributed by atoms with Crippen molar-refractivity contribution in [3.63, 3.8) is 0 Å². The summed E-state index contributed by atoms with van der Waals surface area (Å²) in [6.45, 7) is 4.64. The van der Waals surface area contributed by atoms with Gasteiger partial charge in [0, 0.05) is 16.6 Å². The van der Waals surface area contributed by atoms with E-state index >= 15 is 0 Å². The Bertz CT molecular complexity index is 536. The second kappa shape index (κ2) is 5.79. The van der Waals surface area contributed by atoms with E-state index in [0.717, 1.165) is 22.1 Å². The summed E-state index contributed by atoms with van der Waals surface area (Å²) in [6.07, 6.45) is 0. The Labute approximate surface area is 117 Å². The standard InChI is InChI=1S/C14H15Cl2NO/c1-9-3-6-14(18-9)10(2)17-8-11-7-12(15)4-5-13(11)16/h3-7,10,17H,8H2,1-2H3. The number of rotatable bonds is 4. The molecule has 0 aliphatic rings. The molecular weight excluding hydrogens is 269 g/mol. The van der Waals surface area contributed by atoms with Crippen molar-refractivity contribution >= 4 is 23.2 Å². The van der Waals surface area contributed by atoms with Crippen LogP contribution in [-0.4, -0.2) is 0 Å². The second-order valence-electron chi connectivity index (χ2n) is 4.29. The molecule has 1 aromatic carbocycles. The van der Waals surface area contributed by atoms with Gasteiger partial charge in [-0.25, -0.2) is 0 Å². The number of hydrogen-bond donors (Lipinski definition) is 1. The maximum absolute atomic E-state index is 6.11. The topological polar surface area (TPSA) is 25.2 Å². The Morgan fingerprint density at radius 3 is 2.67 bits per heavy atom. The minimum Gasteiger partial charge on any atom is -0.465 e. The maximum atomic E-state index is 6.11. The van der Waals surface area contributed by atoms with Gasteiger partial charge >= 0.3 is 0 Å². The van der Waals surface area contributed by atoms with Gasteiger partial charge in [-0.3, -0.25) is 0 Å². The molecule has 1 N–H and O–H groups in total. The first kappa shape index (κ1) is 13.5. The number of aryl methyl sites for hydroxylation is 1. The number of halogens is 2. The lowest BCUT2D eigenvalue weighted by molar-refractivity contribution is 0.416. The Kier molecular flexibility index (Phi) is 4.33. The molecule has 0 bridgehead atoms. The van der Waals surface area contributed by atoms with Crippen molar-refractivity contribution in [3.8, 4) is 0 Å². The van der Waals surface area contributed by atoms with E-state index in [-0.39, 0.29) is 6.04 Å². The summed E-state index contributed by atoms with van der Waals surface area (Å²) in [7, 11) is 0. The first-order chi connectivity index (χ1) is 8.56. The molecule has 0 radical (unpaired) electrons. The number of hydrogen-bond acceptors (Lipinski definition) is 2. The van der Waals surface area contributed by atoms with Gasteiger partial charge in [0.15, 0.2) is 0 Å². The van der Waals surface area contributed by atoms with Crippen molar-refractivity contribution in [1.82, 2.24) is 5.32 Å². The van der Waals surface area contributed by atoms with Crippen LogP contribution in [0.5, 0.6) is 0 Å². The Morgan fingerprint density at radius 1 is 1.22 bits per heavy atom. The first-order valence-corrected chi connectivity index (χ1v) is 6.55. The molecule has 0 spiro atoms. The fraction of sp³-hybridized carbons (Fsp3) is 0.286. The van der Waals surface area contributed by atoms with Crippen molar-refractivity contribution in [2.75, 3.05) is 0 Å². The van der Waals surface area contributed by atoms with Crippen molar-refractivity contribution in [2.45, 2.75) is 26.4 Å². The fourth-order valence-electron chi connectivity index (χ4n) is 1.73. The third kappa shape index (κ3) is 3.29. The largest absolute Gasteiger partial charge is 0.465 e. The third-order valence-electron chi connectivity index (χ3n) is 2.79. The Morgan fingerprint density at radius 2 is 2.00 bits per heavy atom. The highest BCUT2D eigenvalue weighted by atomic mass is 35.5. The number of furan rings is 1. The highest BCUT2D eigenvalue weighted by Gasteiger charge is 2.10. The minimum atomic E-state index is 0.133. The monoisotopic (exact) mass is 283 g/mol. The summed E-state index contributed by atoms with van der Waals surface area (Å²) in [6, 6.07) is 9.53. The van der Waals surface area contributed by atoms with Gasteiger partial charge in [-0.2, -0.15) is 0 Å². The number of nitrogens with one attached hydrogen (secondary N) is 1. The molecule has 2 rings (SSSR count). The van der Waals surface area contributed by atoms with E-state index in [1.165, 1.54) is 0 Å². The molecule has 1 heterocycles. The molecule has 0 aliphatic heterocycles. The molecule has 0 amide bonds. The molecule has 96 valence electrons. The van der Waals surface area contributed by atoms with Gasteiger partial charge < -0.3 is 9.73 Å². The lowest BCUT2D eigenvalue weighted by Gasteiger charge is -2.12. The predicted molar refractivity (Wildman–Crippen MR) is 75.2 cm³/mol. The fourth-order valence-corrected chi connectivity index (χ4v) is 2.11. The van der Waals surface area contributed by atoms with Crippen LogP contribution in [-0.2, 0) is 6.54 Å². The van der Waals surface area contributed by atoms with Crippen LogP contribution in [0.15, 0.2) is 34.7 Å².